The monoisotopic (exact) mass is 422 g/mol. The molecule has 0 aromatic heterocycles. The van der Waals surface area contributed by atoms with Gasteiger partial charge in [0.15, 0.2) is 6.10 Å². The SMILES string of the molecule is C#Cc1cc2c(cc1OC(C)=O)N(CCNC(=O)OCc1ccccc1)C(=O)[C@@H](C)O2. The Hall–Kier alpha value is -3.99. The Balaban J connectivity index is 1.68. The molecule has 0 saturated carbocycles. The largest absolute Gasteiger partial charge is 0.479 e. The first kappa shape index (κ1) is 21.7. The van der Waals surface area contributed by atoms with E-state index in [0.717, 1.165) is 5.56 Å². The summed E-state index contributed by atoms with van der Waals surface area (Å²) >= 11 is 0. The minimum Gasteiger partial charge on any atom is -0.479 e. The van der Waals surface area contributed by atoms with Gasteiger partial charge in [-0.05, 0) is 12.5 Å². The molecule has 2 aromatic rings. The van der Waals surface area contributed by atoms with E-state index in [0.29, 0.717) is 17.0 Å². The highest BCUT2D eigenvalue weighted by Crippen LogP contribution is 2.39. The van der Waals surface area contributed by atoms with Crippen molar-refractivity contribution in [2.24, 2.45) is 0 Å². The second-order valence-electron chi connectivity index (χ2n) is 6.79. The molecule has 1 heterocycles. The summed E-state index contributed by atoms with van der Waals surface area (Å²) in [5.74, 6) is 2.15. The topological polar surface area (TPSA) is 94.2 Å². The van der Waals surface area contributed by atoms with Gasteiger partial charge in [-0.25, -0.2) is 4.79 Å². The van der Waals surface area contributed by atoms with E-state index in [4.69, 9.17) is 20.6 Å². The Morgan fingerprint density at radius 1 is 1.26 bits per heavy atom. The second-order valence-corrected chi connectivity index (χ2v) is 6.79. The first-order valence-electron chi connectivity index (χ1n) is 9.64. The Morgan fingerprint density at radius 3 is 2.68 bits per heavy atom. The summed E-state index contributed by atoms with van der Waals surface area (Å²) in [6.07, 6.45) is 4.17. The van der Waals surface area contributed by atoms with E-state index < -0.39 is 18.2 Å². The van der Waals surface area contributed by atoms with Crippen LogP contribution in [-0.4, -0.2) is 37.2 Å². The van der Waals surface area contributed by atoms with Crippen molar-refractivity contribution in [3.8, 4) is 23.8 Å². The number of nitrogens with zero attached hydrogens (tertiary/aromatic N) is 1. The third kappa shape index (κ3) is 5.34. The highest BCUT2D eigenvalue weighted by atomic mass is 16.5. The van der Waals surface area contributed by atoms with Gasteiger partial charge in [-0.15, -0.1) is 6.42 Å². The number of terminal acetylenes is 1. The standard InChI is InChI=1S/C23H22N2O6/c1-4-18-12-21-19(13-20(18)31-16(3)26)25(22(27)15(2)30-21)11-10-24-23(28)29-14-17-8-6-5-7-9-17/h1,5-9,12-13,15H,10-11,14H2,2-3H3,(H,24,28)/t15-/m1/s1. The average molecular weight is 422 g/mol. The fourth-order valence-electron chi connectivity index (χ4n) is 3.06. The third-order valence-electron chi connectivity index (χ3n) is 4.50. The lowest BCUT2D eigenvalue weighted by Crippen LogP contribution is -2.47. The van der Waals surface area contributed by atoms with Crippen molar-refractivity contribution in [3.63, 3.8) is 0 Å². The molecule has 0 radical (unpaired) electrons. The van der Waals surface area contributed by atoms with Gasteiger partial charge in [0.05, 0.1) is 11.3 Å². The number of fused-ring (bicyclic) bond motifs is 1. The molecule has 1 aliphatic heterocycles. The van der Waals surface area contributed by atoms with Crippen LogP contribution in [0.1, 0.15) is 25.0 Å². The van der Waals surface area contributed by atoms with Crippen LogP contribution < -0.4 is 19.7 Å². The maximum atomic E-state index is 12.7. The number of rotatable bonds is 6. The quantitative estimate of drug-likeness (QED) is 0.437. The van der Waals surface area contributed by atoms with Crippen molar-refractivity contribution in [1.82, 2.24) is 5.32 Å². The van der Waals surface area contributed by atoms with Gasteiger partial charge >= 0.3 is 12.1 Å². The predicted molar refractivity (Wildman–Crippen MR) is 113 cm³/mol. The minimum absolute atomic E-state index is 0.142. The van der Waals surface area contributed by atoms with Crippen LogP contribution in [0, 0.1) is 12.3 Å². The Labute approximate surface area is 180 Å². The third-order valence-corrected chi connectivity index (χ3v) is 4.50. The van der Waals surface area contributed by atoms with Gasteiger partial charge in [0.1, 0.15) is 18.1 Å². The van der Waals surface area contributed by atoms with Crippen LogP contribution in [0.3, 0.4) is 0 Å². The van der Waals surface area contributed by atoms with Crippen LogP contribution in [0.15, 0.2) is 42.5 Å². The smallest absolute Gasteiger partial charge is 0.407 e. The van der Waals surface area contributed by atoms with E-state index in [1.165, 1.54) is 17.9 Å². The van der Waals surface area contributed by atoms with E-state index in [9.17, 15) is 14.4 Å². The summed E-state index contributed by atoms with van der Waals surface area (Å²) in [5, 5.41) is 2.62. The molecule has 160 valence electrons. The zero-order valence-corrected chi connectivity index (χ0v) is 17.2. The van der Waals surface area contributed by atoms with Crippen LogP contribution in [0.25, 0.3) is 0 Å². The molecular weight excluding hydrogens is 400 g/mol. The van der Waals surface area contributed by atoms with Crippen LogP contribution in [0.4, 0.5) is 10.5 Å². The summed E-state index contributed by atoms with van der Waals surface area (Å²) in [4.78, 5) is 37.5. The fraction of sp³-hybridized carbons (Fsp3) is 0.261. The van der Waals surface area contributed by atoms with E-state index in [-0.39, 0.29) is 31.4 Å². The Morgan fingerprint density at radius 2 is 2.00 bits per heavy atom. The molecule has 0 spiro atoms. The summed E-state index contributed by atoms with van der Waals surface area (Å²) in [6.45, 7) is 3.32. The molecular formula is C23H22N2O6. The number of hydrogen-bond donors (Lipinski definition) is 1. The number of benzene rings is 2. The van der Waals surface area contributed by atoms with Gasteiger partial charge in [0.25, 0.3) is 5.91 Å². The van der Waals surface area contributed by atoms with Crippen molar-refractivity contribution in [3.05, 3.63) is 53.6 Å². The Bertz CT molecular complexity index is 1030. The van der Waals surface area contributed by atoms with Gasteiger partial charge in [-0.2, -0.15) is 0 Å². The number of hydrogen-bond acceptors (Lipinski definition) is 6. The molecule has 3 rings (SSSR count). The van der Waals surface area contributed by atoms with Crippen molar-refractivity contribution >= 4 is 23.7 Å². The number of anilines is 1. The summed E-state index contributed by atoms with van der Waals surface area (Å²) in [7, 11) is 0. The minimum atomic E-state index is -0.734. The van der Waals surface area contributed by atoms with Crippen LogP contribution in [-0.2, 0) is 20.9 Å². The number of esters is 1. The Kier molecular flexibility index (Phi) is 6.78. The van der Waals surface area contributed by atoms with Crippen LogP contribution in [0.5, 0.6) is 11.5 Å². The normalized spacial score (nSPS) is 14.7. The zero-order chi connectivity index (χ0) is 22.4. The number of nitrogens with one attached hydrogen (secondary N) is 1. The second kappa shape index (κ2) is 9.67. The van der Waals surface area contributed by atoms with E-state index in [1.54, 1.807) is 13.0 Å². The van der Waals surface area contributed by atoms with Crippen LogP contribution >= 0.6 is 0 Å². The van der Waals surface area contributed by atoms with Gasteiger partial charge in [-0.1, -0.05) is 36.3 Å². The molecule has 0 fully saturated rings. The summed E-state index contributed by atoms with van der Waals surface area (Å²) in [5.41, 5.74) is 1.60. The molecule has 1 aliphatic rings. The number of carbonyl (C=O) groups is 3. The molecule has 0 bridgehead atoms. The van der Waals surface area contributed by atoms with Crippen molar-refractivity contribution in [2.45, 2.75) is 26.6 Å². The lowest BCUT2D eigenvalue weighted by atomic mass is 10.1. The molecule has 8 heteroatoms. The van der Waals surface area contributed by atoms with E-state index in [2.05, 4.69) is 11.2 Å². The predicted octanol–water partition coefficient (Wildman–Crippen LogP) is 2.63. The molecule has 8 nitrogen and oxygen atoms in total. The van der Waals surface area contributed by atoms with Crippen molar-refractivity contribution in [1.29, 1.82) is 0 Å². The zero-order valence-electron chi connectivity index (χ0n) is 17.2. The average Bonchev–Trinajstić information content (AvgIpc) is 2.75. The maximum Gasteiger partial charge on any atom is 0.407 e. The number of carbonyl (C=O) groups excluding carboxylic acids is 3. The van der Waals surface area contributed by atoms with Gasteiger partial charge in [0, 0.05) is 32.1 Å². The van der Waals surface area contributed by atoms with Crippen molar-refractivity contribution < 1.29 is 28.6 Å². The molecule has 0 saturated heterocycles. The lowest BCUT2D eigenvalue weighted by Gasteiger charge is -2.33. The molecule has 1 atom stereocenters. The van der Waals surface area contributed by atoms with Gasteiger partial charge in [0.2, 0.25) is 0 Å². The maximum absolute atomic E-state index is 12.7. The molecule has 2 aromatic carbocycles. The number of alkyl carbamates (subject to hydrolysis) is 1. The first-order chi connectivity index (χ1) is 14.9. The van der Waals surface area contributed by atoms with Gasteiger partial charge < -0.3 is 24.4 Å². The van der Waals surface area contributed by atoms with E-state index in [1.807, 2.05) is 30.3 Å². The molecule has 31 heavy (non-hydrogen) atoms. The first-order valence-corrected chi connectivity index (χ1v) is 9.64. The number of amides is 2. The molecule has 2 amide bonds. The van der Waals surface area contributed by atoms with Gasteiger partial charge in [-0.3, -0.25) is 9.59 Å². The molecule has 0 aliphatic carbocycles. The highest BCUT2D eigenvalue weighted by molar-refractivity contribution is 6.00. The summed E-state index contributed by atoms with van der Waals surface area (Å²) < 4.78 is 16.0. The highest BCUT2D eigenvalue weighted by Gasteiger charge is 2.32. The van der Waals surface area contributed by atoms with Crippen molar-refractivity contribution in [2.75, 3.05) is 18.0 Å². The number of ether oxygens (including phenoxy) is 3. The molecule has 1 N–H and O–H groups in total. The fourth-order valence-corrected chi connectivity index (χ4v) is 3.06. The van der Waals surface area contributed by atoms with E-state index >= 15 is 0 Å². The molecule has 0 unspecified atom stereocenters. The summed E-state index contributed by atoms with van der Waals surface area (Å²) in [6, 6.07) is 12.3. The lowest BCUT2D eigenvalue weighted by molar-refractivity contribution is -0.131. The van der Waals surface area contributed by atoms with Crippen LogP contribution in [0.2, 0.25) is 0 Å².